The van der Waals surface area contributed by atoms with Gasteiger partial charge in [0.2, 0.25) is 0 Å². The van der Waals surface area contributed by atoms with Gasteiger partial charge in [-0.25, -0.2) is 0 Å². The third kappa shape index (κ3) is 3.54. The van der Waals surface area contributed by atoms with E-state index in [1.54, 1.807) is 12.1 Å². The Balaban J connectivity index is 1.66. The van der Waals surface area contributed by atoms with Gasteiger partial charge in [-0.05, 0) is 47.5 Å². The van der Waals surface area contributed by atoms with Crippen LogP contribution in [0.25, 0.3) is 22.5 Å². The highest BCUT2D eigenvalue weighted by atomic mass is 32.1. The first-order valence-electron chi connectivity index (χ1n) is 8.94. The summed E-state index contributed by atoms with van der Waals surface area (Å²) in [5, 5.41) is 27.0. The zero-order valence-corrected chi connectivity index (χ0v) is 15.9. The molecular weight excluding hydrogens is 370 g/mol. The Morgan fingerprint density at radius 3 is 2.39 bits per heavy atom. The van der Waals surface area contributed by atoms with Crippen LogP contribution in [0.15, 0.2) is 72.8 Å². The van der Waals surface area contributed by atoms with Crippen LogP contribution in [0, 0.1) is 4.77 Å². The smallest absolute Gasteiger partial charge is 0.195 e. The van der Waals surface area contributed by atoms with Gasteiger partial charge in [-0.2, -0.15) is 5.10 Å². The number of phenols is 2. The van der Waals surface area contributed by atoms with Gasteiger partial charge in [0.1, 0.15) is 0 Å². The monoisotopic (exact) mass is 389 g/mol. The first-order chi connectivity index (χ1) is 13.6. The van der Waals surface area contributed by atoms with Gasteiger partial charge in [-0.15, -0.1) is 0 Å². The summed E-state index contributed by atoms with van der Waals surface area (Å²) in [6, 6.07) is 23.3. The average molecular weight is 389 g/mol. The van der Waals surface area contributed by atoms with Crippen LogP contribution in [-0.4, -0.2) is 25.0 Å². The van der Waals surface area contributed by atoms with Gasteiger partial charge >= 0.3 is 0 Å². The highest BCUT2D eigenvalue weighted by molar-refractivity contribution is 7.71. The Morgan fingerprint density at radius 1 is 0.857 bits per heavy atom. The summed E-state index contributed by atoms with van der Waals surface area (Å²) in [4.78, 5) is 0. The molecule has 5 nitrogen and oxygen atoms in total. The molecule has 0 radical (unpaired) electrons. The maximum absolute atomic E-state index is 10.0. The highest BCUT2D eigenvalue weighted by Gasteiger charge is 2.12. The second-order valence-corrected chi connectivity index (χ2v) is 6.87. The number of aromatic hydroxyl groups is 2. The van der Waals surface area contributed by atoms with Crippen LogP contribution < -0.4 is 0 Å². The minimum Gasteiger partial charge on any atom is -0.504 e. The van der Waals surface area contributed by atoms with Crippen molar-refractivity contribution in [3.63, 3.8) is 0 Å². The summed E-state index contributed by atoms with van der Waals surface area (Å²) in [7, 11) is 0. The molecule has 3 N–H and O–H groups in total. The third-order valence-corrected chi connectivity index (χ3v) is 5.00. The van der Waals surface area contributed by atoms with E-state index in [1.807, 2.05) is 34.9 Å². The molecule has 0 saturated carbocycles. The standard InChI is InChI=1S/C22H19N3O2S/c26-19-11-5-8-16(20(19)27)12-13-25-21(23-24-22(25)28)18-10-4-9-17(14-18)15-6-2-1-3-7-15/h1-11,14,26-27H,12-13H2,(H,24,28). The lowest BCUT2D eigenvalue weighted by Gasteiger charge is -2.10. The van der Waals surface area contributed by atoms with Crippen molar-refractivity contribution in [2.24, 2.45) is 0 Å². The van der Waals surface area contributed by atoms with Gasteiger partial charge in [0.25, 0.3) is 0 Å². The van der Waals surface area contributed by atoms with E-state index in [1.165, 1.54) is 6.07 Å². The summed E-state index contributed by atoms with van der Waals surface area (Å²) in [6.07, 6.45) is 0.513. The largest absolute Gasteiger partial charge is 0.504 e. The number of aryl methyl sites for hydroxylation is 1. The molecule has 0 aliphatic heterocycles. The quantitative estimate of drug-likeness (QED) is 0.334. The van der Waals surface area contributed by atoms with Crippen molar-refractivity contribution in [3.8, 4) is 34.0 Å². The van der Waals surface area contributed by atoms with E-state index >= 15 is 0 Å². The fraction of sp³-hybridized carbons (Fsp3) is 0.0909. The number of nitrogens with zero attached hydrogens (tertiary/aromatic N) is 2. The molecule has 0 aliphatic carbocycles. The molecule has 0 amide bonds. The number of hydrogen-bond donors (Lipinski definition) is 3. The van der Waals surface area contributed by atoms with Crippen LogP contribution >= 0.6 is 12.2 Å². The second-order valence-electron chi connectivity index (χ2n) is 6.49. The molecule has 1 aromatic heterocycles. The molecule has 3 aromatic carbocycles. The van der Waals surface area contributed by atoms with E-state index in [9.17, 15) is 10.2 Å². The Labute approximate surface area is 167 Å². The first-order valence-corrected chi connectivity index (χ1v) is 9.35. The zero-order chi connectivity index (χ0) is 19.5. The van der Waals surface area contributed by atoms with Gasteiger partial charge in [0.15, 0.2) is 22.1 Å². The molecule has 0 bridgehead atoms. The van der Waals surface area contributed by atoms with E-state index < -0.39 is 0 Å². The predicted molar refractivity (Wildman–Crippen MR) is 112 cm³/mol. The normalized spacial score (nSPS) is 10.9. The van der Waals surface area contributed by atoms with Crippen LogP contribution in [-0.2, 0) is 13.0 Å². The number of H-pyrrole nitrogens is 1. The van der Waals surface area contributed by atoms with E-state index in [0.29, 0.717) is 23.3 Å². The molecule has 28 heavy (non-hydrogen) atoms. The maximum atomic E-state index is 10.0. The Hall–Kier alpha value is -3.38. The first kappa shape index (κ1) is 18.0. The van der Waals surface area contributed by atoms with E-state index in [2.05, 4.69) is 34.5 Å². The van der Waals surface area contributed by atoms with E-state index in [4.69, 9.17) is 12.2 Å². The number of phenolic OH excluding ortho intramolecular Hbond substituents is 2. The van der Waals surface area contributed by atoms with Gasteiger partial charge in [0, 0.05) is 12.1 Å². The molecule has 0 fully saturated rings. The lowest BCUT2D eigenvalue weighted by atomic mass is 10.0. The molecule has 0 aliphatic rings. The lowest BCUT2D eigenvalue weighted by molar-refractivity contribution is 0.398. The highest BCUT2D eigenvalue weighted by Crippen LogP contribution is 2.29. The number of benzene rings is 3. The van der Waals surface area contributed by atoms with Gasteiger partial charge in [0.05, 0.1) is 0 Å². The number of aromatic amines is 1. The van der Waals surface area contributed by atoms with Crippen molar-refractivity contribution < 1.29 is 10.2 Å². The Bertz CT molecular complexity index is 1170. The van der Waals surface area contributed by atoms with Gasteiger partial charge < -0.3 is 10.2 Å². The zero-order valence-electron chi connectivity index (χ0n) is 15.0. The summed E-state index contributed by atoms with van der Waals surface area (Å²) in [6.45, 7) is 0.525. The topological polar surface area (TPSA) is 74.1 Å². The molecule has 0 spiro atoms. The van der Waals surface area contributed by atoms with Crippen molar-refractivity contribution in [1.82, 2.24) is 14.8 Å². The van der Waals surface area contributed by atoms with E-state index in [-0.39, 0.29) is 11.5 Å². The molecular formula is C22H19N3O2S. The summed E-state index contributed by atoms with van der Waals surface area (Å²) < 4.78 is 2.42. The Kier molecular flexibility index (Phi) is 4.95. The molecule has 1 heterocycles. The van der Waals surface area contributed by atoms with Gasteiger partial charge in [-0.3, -0.25) is 9.67 Å². The SMILES string of the molecule is Oc1cccc(CCn2c(-c3cccc(-c4ccccc4)c3)n[nH]c2=S)c1O. The van der Waals surface area contributed by atoms with Crippen LogP contribution in [0.2, 0.25) is 0 Å². The van der Waals surface area contributed by atoms with Crippen molar-refractivity contribution in [1.29, 1.82) is 0 Å². The minimum atomic E-state index is -0.121. The second kappa shape index (κ2) is 7.70. The van der Waals surface area contributed by atoms with Crippen molar-refractivity contribution in [2.75, 3.05) is 0 Å². The molecule has 4 aromatic rings. The number of para-hydroxylation sites is 1. The third-order valence-electron chi connectivity index (χ3n) is 4.69. The molecule has 140 valence electrons. The van der Waals surface area contributed by atoms with Crippen molar-refractivity contribution in [3.05, 3.63) is 83.1 Å². The maximum Gasteiger partial charge on any atom is 0.195 e. The number of hydrogen-bond acceptors (Lipinski definition) is 4. The molecule has 6 heteroatoms. The molecule has 0 atom stereocenters. The fourth-order valence-electron chi connectivity index (χ4n) is 3.23. The lowest BCUT2D eigenvalue weighted by Crippen LogP contribution is -2.04. The average Bonchev–Trinajstić information content (AvgIpc) is 3.10. The number of nitrogens with one attached hydrogen (secondary N) is 1. The van der Waals surface area contributed by atoms with Crippen molar-refractivity contribution >= 4 is 12.2 Å². The fourth-order valence-corrected chi connectivity index (χ4v) is 3.45. The van der Waals surface area contributed by atoms with Crippen molar-refractivity contribution in [2.45, 2.75) is 13.0 Å². The molecule has 4 rings (SSSR count). The predicted octanol–water partition coefficient (Wildman–Crippen LogP) is 4.93. The molecule has 0 saturated heterocycles. The summed E-state index contributed by atoms with van der Waals surface area (Å²) in [5.41, 5.74) is 3.85. The Morgan fingerprint density at radius 2 is 1.57 bits per heavy atom. The van der Waals surface area contributed by atoms with E-state index in [0.717, 1.165) is 22.5 Å². The van der Waals surface area contributed by atoms with Crippen LogP contribution in [0.1, 0.15) is 5.56 Å². The van der Waals surface area contributed by atoms with Crippen LogP contribution in [0.5, 0.6) is 11.5 Å². The number of aromatic nitrogens is 3. The van der Waals surface area contributed by atoms with Crippen LogP contribution in [0.4, 0.5) is 0 Å². The summed E-state index contributed by atoms with van der Waals surface area (Å²) >= 11 is 5.41. The van der Waals surface area contributed by atoms with Gasteiger partial charge in [-0.1, -0.05) is 60.7 Å². The minimum absolute atomic E-state index is 0.0925. The van der Waals surface area contributed by atoms with Crippen LogP contribution in [0.3, 0.4) is 0 Å². The number of rotatable bonds is 5. The molecule has 0 unspecified atom stereocenters. The summed E-state index contributed by atoms with van der Waals surface area (Å²) in [5.74, 6) is 0.525.